The first kappa shape index (κ1) is 16.4. The maximum absolute atomic E-state index is 11.5. The van der Waals surface area contributed by atoms with Crippen molar-refractivity contribution in [3.63, 3.8) is 0 Å². The maximum atomic E-state index is 11.5. The Balaban J connectivity index is 1.66. The van der Waals surface area contributed by atoms with Gasteiger partial charge in [-0.3, -0.25) is 0 Å². The van der Waals surface area contributed by atoms with Gasteiger partial charge in [0.2, 0.25) is 0 Å². The molecule has 0 spiro atoms. The van der Waals surface area contributed by atoms with Gasteiger partial charge in [0, 0.05) is 23.6 Å². The molecule has 0 amide bonds. The first-order chi connectivity index (χ1) is 11.7. The normalized spacial score (nSPS) is 10.9. The number of aromatic amines is 1. The second-order valence-electron chi connectivity index (χ2n) is 4.94. The number of carbonyl (C=O) groups is 1. The monoisotopic (exact) mass is 347 g/mol. The highest BCUT2D eigenvalue weighted by molar-refractivity contribution is 7.11. The standard InChI is InChI=1S/C16H17N3O4S/c1-3-22-8-14-18-19-15(24-14)9-23-11-5-4-10-6-13(16(20)21-2)17-12(10)7-11/h4-7,17H,3,8-9H2,1-2H3. The molecule has 0 saturated heterocycles. The zero-order valence-electron chi connectivity index (χ0n) is 13.4. The topological polar surface area (TPSA) is 86.3 Å². The smallest absolute Gasteiger partial charge is 0.354 e. The van der Waals surface area contributed by atoms with Crippen molar-refractivity contribution >= 4 is 28.2 Å². The summed E-state index contributed by atoms with van der Waals surface area (Å²) in [6, 6.07) is 7.31. The lowest BCUT2D eigenvalue weighted by Gasteiger charge is -2.03. The van der Waals surface area contributed by atoms with Crippen LogP contribution in [0.3, 0.4) is 0 Å². The van der Waals surface area contributed by atoms with Crippen LogP contribution in [0.5, 0.6) is 5.75 Å². The number of ether oxygens (including phenoxy) is 3. The van der Waals surface area contributed by atoms with Crippen molar-refractivity contribution in [3.05, 3.63) is 40.0 Å². The molecule has 2 heterocycles. The molecular weight excluding hydrogens is 330 g/mol. The van der Waals surface area contributed by atoms with Crippen molar-refractivity contribution in [1.82, 2.24) is 15.2 Å². The van der Waals surface area contributed by atoms with E-state index < -0.39 is 5.97 Å². The molecule has 7 nitrogen and oxygen atoms in total. The van der Waals surface area contributed by atoms with E-state index in [2.05, 4.69) is 15.2 Å². The van der Waals surface area contributed by atoms with Gasteiger partial charge in [-0.05, 0) is 25.1 Å². The summed E-state index contributed by atoms with van der Waals surface area (Å²) < 4.78 is 15.8. The van der Waals surface area contributed by atoms with E-state index in [-0.39, 0.29) is 0 Å². The van der Waals surface area contributed by atoms with Crippen molar-refractivity contribution in [1.29, 1.82) is 0 Å². The number of rotatable bonds is 7. The number of carbonyl (C=O) groups excluding carboxylic acids is 1. The zero-order valence-corrected chi connectivity index (χ0v) is 14.2. The Bertz CT molecular complexity index is 843. The van der Waals surface area contributed by atoms with E-state index in [1.807, 2.05) is 25.1 Å². The second kappa shape index (κ2) is 7.41. The molecule has 8 heteroatoms. The Morgan fingerprint density at radius 3 is 2.75 bits per heavy atom. The molecule has 0 saturated carbocycles. The number of methoxy groups -OCH3 is 1. The Morgan fingerprint density at radius 1 is 1.21 bits per heavy atom. The summed E-state index contributed by atoms with van der Waals surface area (Å²) in [5, 5.41) is 10.7. The largest absolute Gasteiger partial charge is 0.486 e. The number of H-pyrrole nitrogens is 1. The third-order valence-electron chi connectivity index (χ3n) is 3.30. The van der Waals surface area contributed by atoms with Crippen molar-refractivity contribution in [3.8, 4) is 5.75 Å². The number of benzene rings is 1. The van der Waals surface area contributed by atoms with Gasteiger partial charge in [-0.15, -0.1) is 10.2 Å². The molecule has 3 aromatic rings. The highest BCUT2D eigenvalue weighted by atomic mass is 32.1. The van der Waals surface area contributed by atoms with E-state index >= 15 is 0 Å². The van der Waals surface area contributed by atoms with Gasteiger partial charge < -0.3 is 19.2 Å². The molecule has 0 aliphatic carbocycles. The van der Waals surface area contributed by atoms with Crippen molar-refractivity contribution in [2.45, 2.75) is 20.1 Å². The number of fused-ring (bicyclic) bond motifs is 1. The average molecular weight is 347 g/mol. The van der Waals surface area contributed by atoms with Gasteiger partial charge in [-0.25, -0.2) is 4.79 Å². The van der Waals surface area contributed by atoms with Gasteiger partial charge in [0.25, 0.3) is 0 Å². The first-order valence-electron chi connectivity index (χ1n) is 7.42. The first-order valence-corrected chi connectivity index (χ1v) is 8.24. The van der Waals surface area contributed by atoms with E-state index in [4.69, 9.17) is 14.2 Å². The predicted octanol–water partition coefficient (Wildman–Crippen LogP) is 2.92. The molecule has 3 rings (SSSR count). The van der Waals surface area contributed by atoms with E-state index in [9.17, 15) is 4.79 Å². The molecule has 0 aliphatic heterocycles. The second-order valence-corrected chi connectivity index (χ2v) is 6.09. The minimum atomic E-state index is -0.399. The van der Waals surface area contributed by atoms with E-state index in [0.29, 0.717) is 31.3 Å². The van der Waals surface area contributed by atoms with Crippen LogP contribution in [0.1, 0.15) is 27.4 Å². The fraction of sp³-hybridized carbons (Fsp3) is 0.312. The number of nitrogens with one attached hydrogen (secondary N) is 1. The quantitative estimate of drug-likeness (QED) is 0.661. The lowest BCUT2D eigenvalue weighted by atomic mass is 10.2. The van der Waals surface area contributed by atoms with Crippen LogP contribution in [0.15, 0.2) is 24.3 Å². The highest BCUT2D eigenvalue weighted by Crippen LogP contribution is 2.23. The summed E-state index contributed by atoms with van der Waals surface area (Å²) in [6.45, 7) is 3.39. The van der Waals surface area contributed by atoms with Crippen LogP contribution in [0.4, 0.5) is 0 Å². The fourth-order valence-electron chi connectivity index (χ4n) is 2.16. The SMILES string of the molecule is CCOCc1nnc(COc2ccc3cc(C(=O)OC)[nH]c3c2)s1. The third-order valence-corrected chi connectivity index (χ3v) is 4.17. The Morgan fingerprint density at radius 2 is 2.00 bits per heavy atom. The number of nitrogens with zero attached hydrogens (tertiary/aromatic N) is 2. The van der Waals surface area contributed by atoms with Crippen LogP contribution >= 0.6 is 11.3 Å². The van der Waals surface area contributed by atoms with Crippen molar-refractivity contribution in [2.75, 3.05) is 13.7 Å². The number of hydrogen-bond donors (Lipinski definition) is 1. The lowest BCUT2D eigenvalue weighted by Crippen LogP contribution is -2.00. The third kappa shape index (κ3) is 3.72. The molecule has 0 aliphatic rings. The Kier molecular flexibility index (Phi) is 5.07. The van der Waals surface area contributed by atoms with Gasteiger partial charge in [0.1, 0.15) is 29.7 Å². The van der Waals surface area contributed by atoms with Gasteiger partial charge in [0.05, 0.1) is 7.11 Å². The summed E-state index contributed by atoms with van der Waals surface area (Å²) in [7, 11) is 1.35. The van der Waals surface area contributed by atoms with Crippen LogP contribution in [0.2, 0.25) is 0 Å². The summed E-state index contributed by atoms with van der Waals surface area (Å²) >= 11 is 1.47. The predicted molar refractivity (Wildman–Crippen MR) is 89.2 cm³/mol. The number of aromatic nitrogens is 3. The van der Waals surface area contributed by atoms with Crippen LogP contribution in [-0.2, 0) is 22.7 Å². The molecule has 126 valence electrons. The molecular formula is C16H17N3O4S. The molecule has 24 heavy (non-hydrogen) atoms. The summed E-state index contributed by atoms with van der Waals surface area (Å²) in [5.41, 5.74) is 1.22. The molecule has 1 aromatic carbocycles. The Hall–Kier alpha value is -2.45. The lowest BCUT2D eigenvalue weighted by molar-refractivity contribution is 0.0595. The van der Waals surface area contributed by atoms with Crippen LogP contribution in [0.25, 0.3) is 10.9 Å². The van der Waals surface area contributed by atoms with E-state index in [1.165, 1.54) is 18.4 Å². The van der Waals surface area contributed by atoms with Crippen molar-refractivity contribution in [2.24, 2.45) is 0 Å². The Labute approximate surface area is 142 Å². The van der Waals surface area contributed by atoms with E-state index in [1.54, 1.807) is 6.07 Å². The zero-order chi connectivity index (χ0) is 16.9. The van der Waals surface area contributed by atoms with Gasteiger partial charge in [-0.2, -0.15) is 0 Å². The maximum Gasteiger partial charge on any atom is 0.354 e. The molecule has 1 N–H and O–H groups in total. The van der Waals surface area contributed by atoms with Crippen LogP contribution < -0.4 is 4.74 Å². The van der Waals surface area contributed by atoms with Crippen molar-refractivity contribution < 1.29 is 19.0 Å². The van der Waals surface area contributed by atoms with Gasteiger partial charge in [0.15, 0.2) is 5.01 Å². The van der Waals surface area contributed by atoms with E-state index in [0.717, 1.165) is 20.9 Å². The molecule has 0 radical (unpaired) electrons. The average Bonchev–Trinajstić information content (AvgIpc) is 3.23. The molecule has 0 unspecified atom stereocenters. The minimum absolute atomic E-state index is 0.333. The molecule has 0 atom stereocenters. The van der Waals surface area contributed by atoms with Crippen LogP contribution in [0, 0.1) is 0 Å². The number of esters is 1. The fourth-order valence-corrected chi connectivity index (χ4v) is 2.85. The number of hydrogen-bond acceptors (Lipinski definition) is 7. The molecule has 2 aromatic heterocycles. The molecule has 0 bridgehead atoms. The van der Waals surface area contributed by atoms with Gasteiger partial charge in [-0.1, -0.05) is 11.3 Å². The summed E-state index contributed by atoms with van der Waals surface area (Å²) in [5.74, 6) is 0.284. The minimum Gasteiger partial charge on any atom is -0.486 e. The molecule has 0 fully saturated rings. The van der Waals surface area contributed by atoms with Gasteiger partial charge >= 0.3 is 5.97 Å². The van der Waals surface area contributed by atoms with Crippen LogP contribution in [-0.4, -0.2) is 34.9 Å². The highest BCUT2D eigenvalue weighted by Gasteiger charge is 2.10. The summed E-state index contributed by atoms with van der Waals surface area (Å²) in [4.78, 5) is 14.6. The summed E-state index contributed by atoms with van der Waals surface area (Å²) in [6.07, 6.45) is 0.